The van der Waals surface area contributed by atoms with Crippen molar-refractivity contribution >= 4 is 18.3 Å². The van der Waals surface area contributed by atoms with Crippen LogP contribution in [0.2, 0.25) is 0 Å². The van der Waals surface area contributed by atoms with Crippen molar-refractivity contribution in [3.63, 3.8) is 0 Å². The number of hydrogen-bond acceptors (Lipinski definition) is 2. The first-order valence-electron chi connectivity index (χ1n) is 11.2. The lowest BCUT2D eigenvalue weighted by Crippen LogP contribution is -2.51. The van der Waals surface area contributed by atoms with Gasteiger partial charge >= 0.3 is 6.97 Å². The maximum atomic E-state index is 16.3. The molecule has 3 heterocycles. The average Bonchev–Trinajstić information content (AvgIpc) is 3.18. The van der Waals surface area contributed by atoms with E-state index >= 15 is 8.63 Å². The molecule has 0 saturated heterocycles. The van der Waals surface area contributed by atoms with Crippen LogP contribution in [0.5, 0.6) is 11.5 Å². The van der Waals surface area contributed by atoms with Gasteiger partial charge in [0.25, 0.3) is 0 Å². The molecule has 0 aliphatic carbocycles. The summed E-state index contributed by atoms with van der Waals surface area (Å²) in [5, 5.41) is 0. The SMILES string of the molecule is CCC1=C(C)C2=C(c3ccc(OC)cc3OC)c3c(C)c(CC)c(C)n3[B-](F)(F)[N+]2=C1C. The zero-order valence-corrected chi connectivity index (χ0v) is 20.2. The molecule has 2 aromatic rings. The Bertz CT molecular complexity index is 1240. The monoisotopic (exact) mass is 440 g/mol. The molecule has 170 valence electrons. The number of benzene rings is 1. The molecular formula is C25H31BF2N2O2. The molecule has 1 aromatic carbocycles. The van der Waals surface area contributed by atoms with Crippen LogP contribution in [-0.4, -0.2) is 35.9 Å². The molecule has 7 heteroatoms. The van der Waals surface area contributed by atoms with Crippen molar-refractivity contribution in [1.82, 2.24) is 4.48 Å². The van der Waals surface area contributed by atoms with Gasteiger partial charge in [-0.05, 0) is 62.6 Å². The smallest absolute Gasteiger partial charge is 0.497 e. The summed E-state index contributed by atoms with van der Waals surface area (Å²) in [5.41, 5.74) is 7.77. The fourth-order valence-corrected chi connectivity index (χ4v) is 5.74. The molecule has 0 spiro atoms. The second-order valence-corrected chi connectivity index (χ2v) is 8.55. The Balaban J connectivity index is 2.23. The lowest BCUT2D eigenvalue weighted by atomic mass is 9.83. The molecule has 0 N–H and O–H groups in total. The van der Waals surface area contributed by atoms with Crippen LogP contribution in [0, 0.1) is 13.8 Å². The number of fused-ring (bicyclic) bond motifs is 2. The summed E-state index contributed by atoms with van der Waals surface area (Å²) in [7, 11) is 3.20. The molecule has 2 aliphatic heterocycles. The molecule has 0 amide bonds. The van der Waals surface area contributed by atoms with E-state index < -0.39 is 6.97 Å². The van der Waals surface area contributed by atoms with Crippen LogP contribution >= 0.6 is 0 Å². The predicted octanol–water partition coefficient (Wildman–Crippen LogP) is 5.89. The van der Waals surface area contributed by atoms with Crippen LogP contribution < -0.4 is 9.47 Å². The normalized spacial score (nSPS) is 17.2. The highest BCUT2D eigenvalue weighted by molar-refractivity contribution is 6.58. The minimum Gasteiger partial charge on any atom is -0.497 e. The van der Waals surface area contributed by atoms with Gasteiger partial charge in [0, 0.05) is 35.4 Å². The summed E-state index contributed by atoms with van der Waals surface area (Å²) >= 11 is 0. The predicted molar refractivity (Wildman–Crippen MR) is 126 cm³/mol. The maximum absolute atomic E-state index is 16.3. The molecule has 2 aliphatic rings. The van der Waals surface area contributed by atoms with Crippen molar-refractivity contribution < 1.29 is 22.6 Å². The number of aromatic nitrogens is 1. The van der Waals surface area contributed by atoms with Gasteiger partial charge in [-0.25, -0.2) is 0 Å². The standard InChI is InChI=1S/C25H31BF2N2O2/c1-9-19-14(3)24-23(21-12-11-18(31-7)13-22(21)32-8)25-15(4)20(10-2)17(6)30(25)26(27,28)29(24)16(19)5/h11-13H,9-10H2,1-8H3. The van der Waals surface area contributed by atoms with Gasteiger partial charge in [-0.15, -0.1) is 0 Å². The van der Waals surface area contributed by atoms with E-state index in [1.165, 1.54) is 8.96 Å². The van der Waals surface area contributed by atoms with E-state index in [1.54, 1.807) is 14.2 Å². The third-order valence-electron chi connectivity index (χ3n) is 7.17. The van der Waals surface area contributed by atoms with E-state index in [0.29, 0.717) is 47.1 Å². The molecular weight excluding hydrogens is 409 g/mol. The summed E-state index contributed by atoms with van der Waals surface area (Å²) in [6, 6.07) is 5.58. The minimum atomic E-state index is -4.04. The Morgan fingerprint density at radius 2 is 1.69 bits per heavy atom. The number of nitrogens with zero attached hydrogens (tertiary/aromatic N) is 2. The third-order valence-corrected chi connectivity index (χ3v) is 7.17. The fourth-order valence-electron chi connectivity index (χ4n) is 5.74. The van der Waals surface area contributed by atoms with Gasteiger partial charge in [0.1, 0.15) is 17.2 Å². The highest BCUT2D eigenvalue weighted by Crippen LogP contribution is 2.49. The first-order chi connectivity index (χ1) is 15.1. The maximum Gasteiger partial charge on any atom is 0.737 e. The van der Waals surface area contributed by atoms with Gasteiger partial charge in [-0.1, -0.05) is 13.8 Å². The van der Waals surface area contributed by atoms with E-state index in [4.69, 9.17) is 9.47 Å². The molecule has 0 radical (unpaired) electrons. The van der Waals surface area contributed by atoms with Crippen molar-refractivity contribution in [2.24, 2.45) is 0 Å². The average molecular weight is 440 g/mol. The Morgan fingerprint density at radius 3 is 2.25 bits per heavy atom. The van der Waals surface area contributed by atoms with Gasteiger partial charge in [-0.2, -0.15) is 0 Å². The molecule has 4 nitrogen and oxygen atoms in total. The van der Waals surface area contributed by atoms with E-state index in [1.807, 2.05) is 59.7 Å². The van der Waals surface area contributed by atoms with Crippen LogP contribution in [-0.2, 0) is 6.42 Å². The number of allylic oxidation sites excluding steroid dienone is 2. The summed E-state index contributed by atoms with van der Waals surface area (Å²) in [6.45, 7) is 7.54. The summed E-state index contributed by atoms with van der Waals surface area (Å²) in [4.78, 5) is 0. The molecule has 0 atom stereocenters. The topological polar surface area (TPSA) is 26.4 Å². The van der Waals surface area contributed by atoms with Gasteiger partial charge in [0.2, 0.25) is 0 Å². The molecule has 4 rings (SSSR count). The van der Waals surface area contributed by atoms with Gasteiger partial charge < -0.3 is 27.1 Å². The fraction of sp³-hybridized carbons (Fsp3) is 0.400. The van der Waals surface area contributed by atoms with Crippen LogP contribution in [0.15, 0.2) is 35.0 Å². The van der Waals surface area contributed by atoms with Crippen molar-refractivity contribution in [3.8, 4) is 11.5 Å². The number of ether oxygens (including phenoxy) is 2. The van der Waals surface area contributed by atoms with E-state index in [-0.39, 0.29) is 0 Å². The summed E-state index contributed by atoms with van der Waals surface area (Å²) in [6.07, 6.45) is 1.40. The van der Waals surface area contributed by atoms with Crippen LogP contribution in [0.1, 0.15) is 62.2 Å². The third kappa shape index (κ3) is 2.76. The summed E-state index contributed by atoms with van der Waals surface area (Å²) < 4.78 is 46.2. The first kappa shape index (κ1) is 22.4. The van der Waals surface area contributed by atoms with E-state index in [2.05, 4.69) is 0 Å². The number of hydrogen-bond donors (Lipinski definition) is 0. The lowest BCUT2D eigenvalue weighted by molar-refractivity contribution is -0.363. The van der Waals surface area contributed by atoms with E-state index in [9.17, 15) is 0 Å². The lowest BCUT2D eigenvalue weighted by Gasteiger charge is -2.34. The number of halogens is 2. The second kappa shape index (κ2) is 7.64. The highest BCUT2D eigenvalue weighted by Gasteiger charge is 2.56. The van der Waals surface area contributed by atoms with Gasteiger partial charge in [-0.3, -0.25) is 0 Å². The molecule has 0 fully saturated rings. The van der Waals surface area contributed by atoms with Crippen molar-refractivity contribution in [2.45, 2.75) is 54.4 Å². The van der Waals surface area contributed by atoms with Crippen molar-refractivity contribution in [1.29, 1.82) is 0 Å². The zero-order chi connectivity index (χ0) is 23.5. The molecule has 1 aromatic heterocycles. The zero-order valence-electron chi connectivity index (χ0n) is 20.2. The molecule has 32 heavy (non-hydrogen) atoms. The van der Waals surface area contributed by atoms with Crippen molar-refractivity contribution in [3.05, 3.63) is 63.1 Å². The van der Waals surface area contributed by atoms with Crippen LogP contribution in [0.25, 0.3) is 5.57 Å². The van der Waals surface area contributed by atoms with Crippen LogP contribution in [0.3, 0.4) is 0 Å². The Labute approximate surface area is 188 Å². The largest absolute Gasteiger partial charge is 0.737 e. The van der Waals surface area contributed by atoms with Gasteiger partial charge in [0.05, 0.1) is 19.8 Å². The summed E-state index contributed by atoms with van der Waals surface area (Å²) in [5.74, 6) is 1.26. The highest BCUT2D eigenvalue weighted by atomic mass is 19.2. The Morgan fingerprint density at radius 1 is 1.00 bits per heavy atom. The number of methoxy groups -OCH3 is 2. The van der Waals surface area contributed by atoms with Crippen molar-refractivity contribution in [2.75, 3.05) is 14.2 Å². The molecule has 0 unspecified atom stereocenters. The Kier molecular flexibility index (Phi) is 5.34. The first-order valence-corrected chi connectivity index (χ1v) is 11.2. The minimum absolute atomic E-state index is 0.587. The van der Waals surface area contributed by atoms with Gasteiger partial charge in [0.15, 0.2) is 5.70 Å². The van der Waals surface area contributed by atoms with Crippen LogP contribution in [0.4, 0.5) is 8.63 Å². The second-order valence-electron chi connectivity index (χ2n) is 8.55. The van der Waals surface area contributed by atoms with E-state index in [0.717, 1.165) is 33.4 Å². The molecule has 0 bridgehead atoms. The number of rotatable bonds is 5. The molecule has 0 saturated carbocycles. The quantitative estimate of drug-likeness (QED) is 0.542. The Hall–Kier alpha value is -2.83.